The Labute approximate surface area is 105 Å². The lowest BCUT2D eigenvalue weighted by atomic mass is 9.88. The lowest BCUT2D eigenvalue weighted by Gasteiger charge is -2.27. The average Bonchev–Trinajstić information content (AvgIpc) is 2.75. The van der Waals surface area contributed by atoms with Crippen LogP contribution in [0.4, 0.5) is 5.69 Å². The summed E-state index contributed by atoms with van der Waals surface area (Å²) in [5, 5.41) is 8.43. The van der Waals surface area contributed by atoms with Crippen molar-refractivity contribution in [1.29, 1.82) is 0 Å². The highest BCUT2D eigenvalue weighted by molar-refractivity contribution is 6.33. The van der Waals surface area contributed by atoms with Crippen LogP contribution in [0, 0.1) is 0 Å². The van der Waals surface area contributed by atoms with Crippen LogP contribution in [0.2, 0.25) is 5.02 Å². The molecule has 0 bridgehead atoms. The number of hydrogen-bond acceptors (Lipinski definition) is 2. The van der Waals surface area contributed by atoms with Crippen molar-refractivity contribution < 1.29 is 0 Å². The molecule has 3 nitrogen and oxygen atoms in total. The molecular weight excluding hydrogens is 234 g/mol. The molecule has 88 valence electrons. The van der Waals surface area contributed by atoms with Gasteiger partial charge >= 0.3 is 0 Å². The summed E-state index contributed by atoms with van der Waals surface area (Å²) in [6.07, 6.45) is 2.93. The van der Waals surface area contributed by atoms with Crippen molar-refractivity contribution in [2.75, 3.05) is 11.9 Å². The summed E-state index contributed by atoms with van der Waals surface area (Å²) in [4.78, 5) is 0. The van der Waals surface area contributed by atoms with E-state index in [1.54, 1.807) is 0 Å². The van der Waals surface area contributed by atoms with E-state index in [-0.39, 0.29) is 0 Å². The van der Waals surface area contributed by atoms with Gasteiger partial charge in [-0.15, -0.1) is 0 Å². The summed E-state index contributed by atoms with van der Waals surface area (Å²) in [6.45, 7) is 0.951. The maximum atomic E-state index is 6.22. The summed E-state index contributed by atoms with van der Waals surface area (Å²) in [5.74, 6) is 0.387. The standard InChI is InChI=1S/C13H14ClN3/c1-17-12(6-8-16-17)9-5-7-15-13-10(9)3-2-4-11(13)14/h2-4,6,8-9,15H,5,7H2,1H3. The number of rotatable bonds is 1. The summed E-state index contributed by atoms with van der Waals surface area (Å²) in [6, 6.07) is 8.17. The Kier molecular flexibility index (Phi) is 2.56. The fourth-order valence-electron chi connectivity index (χ4n) is 2.55. The van der Waals surface area contributed by atoms with Gasteiger partial charge in [0.2, 0.25) is 0 Å². The maximum absolute atomic E-state index is 6.22. The Bertz CT molecular complexity index is 547. The number of para-hydroxylation sites is 1. The van der Waals surface area contributed by atoms with E-state index in [9.17, 15) is 0 Å². The zero-order valence-corrected chi connectivity index (χ0v) is 10.4. The number of hydrogen-bond donors (Lipinski definition) is 1. The van der Waals surface area contributed by atoms with Crippen molar-refractivity contribution in [1.82, 2.24) is 9.78 Å². The molecule has 0 spiro atoms. The SMILES string of the molecule is Cn1nccc1C1CCNc2c(Cl)cccc21. The van der Waals surface area contributed by atoms with Gasteiger partial charge in [-0.2, -0.15) is 5.10 Å². The second-order valence-electron chi connectivity index (χ2n) is 4.35. The third-order valence-corrected chi connectivity index (χ3v) is 3.69. The molecule has 0 aliphatic carbocycles. The highest BCUT2D eigenvalue weighted by Gasteiger charge is 2.24. The number of fused-ring (bicyclic) bond motifs is 1. The van der Waals surface area contributed by atoms with Crippen LogP contribution >= 0.6 is 11.6 Å². The van der Waals surface area contributed by atoms with Gasteiger partial charge < -0.3 is 5.32 Å². The summed E-state index contributed by atoms with van der Waals surface area (Å²) >= 11 is 6.22. The highest BCUT2D eigenvalue weighted by atomic mass is 35.5. The van der Waals surface area contributed by atoms with Gasteiger partial charge in [0.15, 0.2) is 0 Å². The summed E-state index contributed by atoms with van der Waals surface area (Å²) < 4.78 is 1.95. The van der Waals surface area contributed by atoms with E-state index >= 15 is 0 Å². The van der Waals surface area contributed by atoms with Crippen LogP contribution in [-0.4, -0.2) is 16.3 Å². The molecule has 4 heteroatoms. The van der Waals surface area contributed by atoms with Gasteiger partial charge in [0.1, 0.15) is 0 Å². The molecule has 0 amide bonds. The van der Waals surface area contributed by atoms with E-state index in [1.807, 2.05) is 30.1 Å². The average molecular weight is 248 g/mol. The number of nitrogens with one attached hydrogen (secondary N) is 1. The molecule has 1 N–H and O–H groups in total. The predicted octanol–water partition coefficient (Wildman–Crippen LogP) is 3.02. The van der Waals surface area contributed by atoms with Gasteiger partial charge in [0.05, 0.1) is 10.7 Å². The molecule has 0 saturated heterocycles. The summed E-state index contributed by atoms with van der Waals surface area (Å²) in [7, 11) is 1.99. The number of aryl methyl sites for hydroxylation is 1. The van der Waals surface area contributed by atoms with E-state index in [2.05, 4.69) is 22.5 Å². The Morgan fingerprint density at radius 2 is 2.29 bits per heavy atom. The smallest absolute Gasteiger partial charge is 0.0640 e. The van der Waals surface area contributed by atoms with Gasteiger partial charge in [0.25, 0.3) is 0 Å². The molecule has 3 rings (SSSR count). The van der Waals surface area contributed by atoms with Gasteiger partial charge in [-0.3, -0.25) is 4.68 Å². The Balaban J connectivity index is 2.12. The summed E-state index contributed by atoms with van der Waals surface area (Å²) in [5.41, 5.74) is 3.59. The number of aromatic nitrogens is 2. The Hall–Kier alpha value is -1.48. The monoisotopic (exact) mass is 247 g/mol. The van der Waals surface area contributed by atoms with E-state index in [1.165, 1.54) is 11.3 Å². The first kappa shape index (κ1) is 10.7. The zero-order chi connectivity index (χ0) is 11.8. The minimum atomic E-state index is 0.387. The van der Waals surface area contributed by atoms with Crippen LogP contribution in [0.25, 0.3) is 0 Å². The Morgan fingerprint density at radius 3 is 3.06 bits per heavy atom. The van der Waals surface area contributed by atoms with Gasteiger partial charge in [0, 0.05) is 31.4 Å². The maximum Gasteiger partial charge on any atom is 0.0640 e. The second-order valence-corrected chi connectivity index (χ2v) is 4.76. The Morgan fingerprint density at radius 1 is 1.41 bits per heavy atom. The van der Waals surface area contributed by atoms with Crippen LogP contribution in [0.15, 0.2) is 30.5 Å². The first-order valence-electron chi connectivity index (χ1n) is 5.77. The van der Waals surface area contributed by atoms with E-state index < -0.39 is 0 Å². The van der Waals surface area contributed by atoms with Crippen molar-refractivity contribution in [2.45, 2.75) is 12.3 Å². The van der Waals surface area contributed by atoms with E-state index in [4.69, 9.17) is 11.6 Å². The topological polar surface area (TPSA) is 29.9 Å². The fraction of sp³-hybridized carbons (Fsp3) is 0.308. The minimum Gasteiger partial charge on any atom is -0.384 e. The largest absolute Gasteiger partial charge is 0.384 e. The minimum absolute atomic E-state index is 0.387. The molecule has 0 saturated carbocycles. The second kappa shape index (κ2) is 4.08. The first-order valence-corrected chi connectivity index (χ1v) is 6.15. The van der Waals surface area contributed by atoms with Crippen molar-refractivity contribution in [3.05, 3.63) is 46.7 Å². The molecule has 2 heterocycles. The third kappa shape index (κ3) is 1.71. The van der Waals surface area contributed by atoms with E-state index in [0.717, 1.165) is 23.7 Å². The lowest BCUT2D eigenvalue weighted by Crippen LogP contribution is -2.19. The third-order valence-electron chi connectivity index (χ3n) is 3.37. The molecule has 1 aliphatic heterocycles. The quantitative estimate of drug-likeness (QED) is 0.840. The van der Waals surface area contributed by atoms with Crippen molar-refractivity contribution in [3.63, 3.8) is 0 Å². The number of benzene rings is 1. The van der Waals surface area contributed by atoms with Gasteiger partial charge in [-0.1, -0.05) is 23.7 Å². The molecule has 1 aromatic carbocycles. The van der Waals surface area contributed by atoms with Crippen LogP contribution < -0.4 is 5.32 Å². The number of halogens is 1. The first-order chi connectivity index (χ1) is 8.27. The van der Waals surface area contributed by atoms with Crippen molar-refractivity contribution >= 4 is 17.3 Å². The molecule has 17 heavy (non-hydrogen) atoms. The molecular formula is C13H14ClN3. The molecule has 1 atom stereocenters. The van der Waals surface area contributed by atoms with Gasteiger partial charge in [-0.25, -0.2) is 0 Å². The fourth-order valence-corrected chi connectivity index (χ4v) is 2.80. The normalized spacial score (nSPS) is 18.6. The zero-order valence-electron chi connectivity index (χ0n) is 9.65. The number of anilines is 1. The van der Waals surface area contributed by atoms with Crippen LogP contribution in [0.3, 0.4) is 0 Å². The molecule has 1 aromatic heterocycles. The molecule has 1 aliphatic rings. The molecule has 1 unspecified atom stereocenters. The van der Waals surface area contributed by atoms with E-state index in [0.29, 0.717) is 5.92 Å². The predicted molar refractivity (Wildman–Crippen MR) is 69.6 cm³/mol. The van der Waals surface area contributed by atoms with Crippen LogP contribution in [0.5, 0.6) is 0 Å². The molecule has 2 aromatic rings. The highest BCUT2D eigenvalue weighted by Crippen LogP contribution is 2.39. The van der Waals surface area contributed by atoms with Crippen LogP contribution in [-0.2, 0) is 7.05 Å². The van der Waals surface area contributed by atoms with Crippen LogP contribution in [0.1, 0.15) is 23.6 Å². The van der Waals surface area contributed by atoms with Crippen molar-refractivity contribution in [3.8, 4) is 0 Å². The van der Waals surface area contributed by atoms with Gasteiger partial charge in [-0.05, 0) is 24.1 Å². The molecule has 0 fully saturated rings. The van der Waals surface area contributed by atoms with Crippen molar-refractivity contribution in [2.24, 2.45) is 7.05 Å². The lowest BCUT2D eigenvalue weighted by molar-refractivity contribution is 0.627. The number of nitrogens with zero attached hydrogens (tertiary/aromatic N) is 2. The molecule has 0 radical (unpaired) electrons.